The van der Waals surface area contributed by atoms with Crippen LogP contribution in [0.15, 0.2) is 0 Å². The molecule has 22 heavy (non-hydrogen) atoms. The zero-order valence-electron chi connectivity index (χ0n) is 13.3. The van der Waals surface area contributed by atoms with Crippen molar-refractivity contribution in [2.75, 3.05) is 13.2 Å². The summed E-state index contributed by atoms with van der Waals surface area (Å²) in [6.45, 7) is 3.92. The minimum Gasteiger partial charge on any atom is -0.463 e. The van der Waals surface area contributed by atoms with Crippen molar-refractivity contribution in [1.82, 2.24) is 0 Å². The van der Waals surface area contributed by atoms with E-state index in [2.05, 4.69) is 6.92 Å². The maximum Gasteiger partial charge on any atom is 0.305 e. The smallest absolute Gasteiger partial charge is 0.305 e. The Kier molecular flexibility index (Phi) is 8.89. The largest absolute Gasteiger partial charge is 0.463 e. The lowest BCUT2D eigenvalue weighted by Gasteiger charge is -2.39. The van der Waals surface area contributed by atoms with E-state index in [0.717, 1.165) is 25.7 Å². The van der Waals surface area contributed by atoms with E-state index in [1.807, 2.05) is 0 Å². The Bertz CT molecular complexity index is 323. The molecule has 0 aromatic heterocycles. The van der Waals surface area contributed by atoms with Gasteiger partial charge in [-0.25, -0.2) is 0 Å². The molecule has 1 rings (SSSR count). The van der Waals surface area contributed by atoms with Gasteiger partial charge in [-0.05, 0) is 13.3 Å². The van der Waals surface area contributed by atoms with E-state index < -0.39 is 30.7 Å². The molecule has 3 N–H and O–H groups in total. The summed E-state index contributed by atoms with van der Waals surface area (Å²) < 4.78 is 15.6. The van der Waals surface area contributed by atoms with Crippen molar-refractivity contribution in [2.24, 2.45) is 0 Å². The molecule has 1 aliphatic rings. The number of hydrogen-bond donors (Lipinski definition) is 3. The molecule has 1 unspecified atom stereocenters. The molecule has 1 heterocycles. The van der Waals surface area contributed by atoms with Gasteiger partial charge in [-0.3, -0.25) is 4.79 Å². The maximum atomic E-state index is 11.6. The second-order valence-electron chi connectivity index (χ2n) is 5.46. The molecule has 1 saturated heterocycles. The van der Waals surface area contributed by atoms with Gasteiger partial charge >= 0.3 is 5.97 Å². The zero-order chi connectivity index (χ0) is 16.5. The summed E-state index contributed by atoms with van der Waals surface area (Å²) >= 11 is 0. The van der Waals surface area contributed by atoms with Crippen molar-refractivity contribution in [2.45, 2.75) is 76.7 Å². The van der Waals surface area contributed by atoms with Gasteiger partial charge in [-0.2, -0.15) is 0 Å². The van der Waals surface area contributed by atoms with Gasteiger partial charge in [-0.15, -0.1) is 0 Å². The molecule has 130 valence electrons. The fourth-order valence-corrected chi connectivity index (χ4v) is 2.30. The van der Waals surface area contributed by atoms with Gasteiger partial charge in [0.05, 0.1) is 0 Å². The topological polar surface area (TPSA) is 105 Å². The van der Waals surface area contributed by atoms with Gasteiger partial charge in [0.1, 0.15) is 31.0 Å². The number of carbonyl (C=O) groups is 1. The van der Waals surface area contributed by atoms with Crippen LogP contribution in [0.25, 0.3) is 0 Å². The summed E-state index contributed by atoms with van der Waals surface area (Å²) in [5.41, 5.74) is 0. The van der Waals surface area contributed by atoms with E-state index in [0.29, 0.717) is 6.42 Å². The van der Waals surface area contributed by atoms with Gasteiger partial charge in [-0.1, -0.05) is 26.2 Å². The standard InChI is InChI=1S/C15H28O7/c1-3-5-6-7-8-11(16)21-9-10-12(17)13(18)14(19)15(22-10)20-4-2/h10,12-15,17-19H,3-9H2,1-2H3/t10-,12-,13+,14-,15?/m1/s1. The first kappa shape index (κ1) is 19.3. The third kappa shape index (κ3) is 5.81. The summed E-state index contributed by atoms with van der Waals surface area (Å²) in [6, 6.07) is 0. The molecule has 0 saturated carbocycles. The van der Waals surface area contributed by atoms with Crippen molar-refractivity contribution < 1.29 is 34.3 Å². The molecule has 0 aromatic rings. The van der Waals surface area contributed by atoms with Crippen LogP contribution in [0.2, 0.25) is 0 Å². The minimum absolute atomic E-state index is 0.179. The zero-order valence-corrected chi connectivity index (χ0v) is 13.3. The first-order valence-corrected chi connectivity index (χ1v) is 7.98. The predicted molar refractivity (Wildman–Crippen MR) is 78.0 cm³/mol. The van der Waals surface area contributed by atoms with Crippen LogP contribution in [0.4, 0.5) is 0 Å². The molecule has 0 amide bonds. The van der Waals surface area contributed by atoms with E-state index in [1.165, 1.54) is 0 Å². The van der Waals surface area contributed by atoms with Crippen LogP contribution in [0.5, 0.6) is 0 Å². The molecular weight excluding hydrogens is 292 g/mol. The summed E-state index contributed by atoms with van der Waals surface area (Å²) in [5.74, 6) is -0.361. The number of esters is 1. The summed E-state index contributed by atoms with van der Waals surface area (Å²) in [4.78, 5) is 11.6. The number of aliphatic hydroxyl groups is 3. The Morgan fingerprint density at radius 3 is 2.41 bits per heavy atom. The van der Waals surface area contributed by atoms with Gasteiger partial charge in [0.25, 0.3) is 0 Å². The summed E-state index contributed by atoms with van der Waals surface area (Å²) in [5, 5.41) is 29.4. The Morgan fingerprint density at radius 1 is 1.05 bits per heavy atom. The molecule has 1 aliphatic heterocycles. The fourth-order valence-electron chi connectivity index (χ4n) is 2.30. The first-order valence-electron chi connectivity index (χ1n) is 7.98. The second-order valence-corrected chi connectivity index (χ2v) is 5.46. The van der Waals surface area contributed by atoms with Crippen LogP contribution in [0.3, 0.4) is 0 Å². The quantitative estimate of drug-likeness (QED) is 0.415. The Labute approximate surface area is 131 Å². The van der Waals surface area contributed by atoms with Crippen molar-refractivity contribution in [3.63, 3.8) is 0 Å². The molecule has 7 heteroatoms. The van der Waals surface area contributed by atoms with E-state index in [-0.39, 0.29) is 19.2 Å². The van der Waals surface area contributed by atoms with E-state index in [1.54, 1.807) is 6.92 Å². The highest BCUT2D eigenvalue weighted by molar-refractivity contribution is 5.69. The lowest BCUT2D eigenvalue weighted by atomic mass is 9.99. The fraction of sp³-hybridized carbons (Fsp3) is 0.933. The molecule has 5 atom stereocenters. The maximum absolute atomic E-state index is 11.6. The van der Waals surface area contributed by atoms with Gasteiger partial charge in [0.15, 0.2) is 6.29 Å². The Hall–Kier alpha value is -0.730. The SMILES string of the molecule is CCCCCCC(=O)OC[C@H]1OC(OCC)[C@H](O)[C@@H](O)[C@@H]1O. The average Bonchev–Trinajstić information content (AvgIpc) is 2.51. The molecule has 0 spiro atoms. The third-order valence-corrected chi connectivity index (χ3v) is 3.64. The van der Waals surface area contributed by atoms with Gasteiger partial charge in [0.2, 0.25) is 0 Å². The van der Waals surface area contributed by atoms with Crippen molar-refractivity contribution in [1.29, 1.82) is 0 Å². The van der Waals surface area contributed by atoms with Crippen molar-refractivity contribution in [3.8, 4) is 0 Å². The molecule has 0 aliphatic carbocycles. The summed E-state index contributed by atoms with van der Waals surface area (Å²) in [7, 11) is 0. The Morgan fingerprint density at radius 2 is 1.77 bits per heavy atom. The molecule has 0 aromatic carbocycles. The number of hydrogen-bond acceptors (Lipinski definition) is 7. The molecule has 0 radical (unpaired) electrons. The molecule has 0 bridgehead atoms. The second kappa shape index (κ2) is 10.1. The van der Waals surface area contributed by atoms with E-state index >= 15 is 0 Å². The Balaban J connectivity index is 2.38. The van der Waals surface area contributed by atoms with E-state index in [4.69, 9.17) is 14.2 Å². The van der Waals surface area contributed by atoms with Gasteiger partial charge < -0.3 is 29.5 Å². The molecule has 7 nitrogen and oxygen atoms in total. The monoisotopic (exact) mass is 320 g/mol. The van der Waals surface area contributed by atoms with E-state index in [9.17, 15) is 20.1 Å². The highest BCUT2D eigenvalue weighted by atomic mass is 16.7. The van der Waals surface area contributed by atoms with Crippen LogP contribution >= 0.6 is 0 Å². The first-order chi connectivity index (χ1) is 10.5. The predicted octanol–water partition coefficient (Wildman–Crippen LogP) is 0.344. The normalized spacial score (nSPS) is 32.0. The lowest BCUT2D eigenvalue weighted by Crippen LogP contribution is -2.59. The highest BCUT2D eigenvalue weighted by Gasteiger charge is 2.44. The minimum atomic E-state index is -1.40. The van der Waals surface area contributed by atoms with Crippen LogP contribution in [-0.4, -0.2) is 65.2 Å². The molecule has 1 fully saturated rings. The van der Waals surface area contributed by atoms with Crippen molar-refractivity contribution in [3.05, 3.63) is 0 Å². The number of rotatable bonds is 9. The number of unbranched alkanes of at least 4 members (excludes halogenated alkanes) is 3. The van der Waals surface area contributed by atoms with Crippen molar-refractivity contribution >= 4 is 5.97 Å². The van der Waals surface area contributed by atoms with Crippen LogP contribution < -0.4 is 0 Å². The average molecular weight is 320 g/mol. The van der Waals surface area contributed by atoms with Crippen LogP contribution in [0.1, 0.15) is 46.0 Å². The van der Waals surface area contributed by atoms with Gasteiger partial charge in [0, 0.05) is 13.0 Å². The third-order valence-electron chi connectivity index (χ3n) is 3.64. The lowest BCUT2D eigenvalue weighted by molar-refractivity contribution is -0.300. The highest BCUT2D eigenvalue weighted by Crippen LogP contribution is 2.22. The van der Waals surface area contributed by atoms with Crippen LogP contribution in [-0.2, 0) is 19.0 Å². The number of aliphatic hydroxyl groups excluding tert-OH is 3. The van der Waals surface area contributed by atoms with Crippen LogP contribution in [0, 0.1) is 0 Å². The number of carbonyl (C=O) groups excluding carboxylic acids is 1. The molecular formula is C15H28O7. The number of ether oxygens (including phenoxy) is 3. The summed E-state index contributed by atoms with van der Waals surface area (Å²) in [6.07, 6.45) is -1.80.